The molecule has 2 N–H and O–H groups in total. The topological polar surface area (TPSA) is 96.2 Å². The normalized spacial score (nSPS) is 14.7. The Morgan fingerprint density at radius 3 is 2.46 bits per heavy atom. The van der Waals surface area contributed by atoms with Crippen molar-refractivity contribution in [3.8, 4) is 5.75 Å². The average molecular weight is 495 g/mol. The van der Waals surface area contributed by atoms with Gasteiger partial charge in [-0.3, -0.25) is 9.59 Å². The molecule has 8 heteroatoms. The van der Waals surface area contributed by atoms with Crippen LogP contribution in [0.15, 0.2) is 107 Å². The highest BCUT2D eigenvalue weighted by molar-refractivity contribution is 6.08. The fourth-order valence-electron chi connectivity index (χ4n) is 4.21. The van der Waals surface area contributed by atoms with E-state index >= 15 is 0 Å². The van der Waals surface area contributed by atoms with Crippen LogP contribution in [0.5, 0.6) is 5.75 Å². The van der Waals surface area contributed by atoms with E-state index in [1.807, 2.05) is 66.7 Å². The maximum atomic E-state index is 13.4. The van der Waals surface area contributed by atoms with E-state index in [1.165, 1.54) is 5.01 Å². The van der Waals surface area contributed by atoms with Crippen molar-refractivity contribution in [3.05, 3.63) is 114 Å². The molecule has 4 aromatic rings. The number of anilines is 2. The minimum absolute atomic E-state index is 0.0494. The molecule has 0 bridgehead atoms. The Balaban J connectivity index is 1.33. The summed E-state index contributed by atoms with van der Waals surface area (Å²) in [6.07, 6.45) is 2.10. The molecule has 0 aliphatic carbocycles. The van der Waals surface area contributed by atoms with Crippen molar-refractivity contribution in [3.63, 3.8) is 0 Å². The van der Waals surface area contributed by atoms with E-state index < -0.39 is 0 Å². The number of para-hydroxylation sites is 2. The number of rotatable bonds is 8. The second-order valence-corrected chi connectivity index (χ2v) is 8.47. The number of benzene rings is 3. The van der Waals surface area contributed by atoms with Crippen LogP contribution in [0.1, 0.15) is 34.1 Å². The van der Waals surface area contributed by atoms with Gasteiger partial charge in [0, 0.05) is 17.8 Å². The number of hydrogen-bond acceptors (Lipinski definition) is 6. The number of nitrogens with one attached hydrogen (secondary N) is 2. The summed E-state index contributed by atoms with van der Waals surface area (Å²) in [5.41, 5.74) is 3.36. The van der Waals surface area contributed by atoms with E-state index in [9.17, 15) is 9.59 Å². The zero-order valence-electron chi connectivity index (χ0n) is 20.3. The molecule has 186 valence electrons. The monoisotopic (exact) mass is 494 g/mol. The molecule has 8 nitrogen and oxygen atoms in total. The molecule has 0 fully saturated rings. The number of amides is 2. The van der Waals surface area contributed by atoms with E-state index in [0.29, 0.717) is 29.1 Å². The fourth-order valence-corrected chi connectivity index (χ4v) is 4.21. The van der Waals surface area contributed by atoms with Crippen LogP contribution in [-0.4, -0.2) is 36.2 Å². The standard InChI is InChI=1S/C29H26N4O4/c1-36-22-15-13-20(14-16-22)25-18-26(27-12-7-17-37-27)33(32-25)28(34)19-30-24-11-6-5-10-23(24)29(35)31-21-8-3-2-4-9-21/h2-17,26,30H,18-19H2,1H3,(H,31,35)/t26-/m0/s1. The predicted molar refractivity (Wildman–Crippen MR) is 142 cm³/mol. The molecule has 0 radical (unpaired) electrons. The van der Waals surface area contributed by atoms with Crippen LogP contribution in [0.4, 0.5) is 11.4 Å². The first kappa shape index (κ1) is 23.9. The molecular formula is C29H26N4O4. The van der Waals surface area contributed by atoms with Gasteiger partial charge >= 0.3 is 0 Å². The van der Waals surface area contributed by atoms with E-state index in [0.717, 1.165) is 17.0 Å². The summed E-state index contributed by atoms with van der Waals surface area (Å²) >= 11 is 0. The van der Waals surface area contributed by atoms with Gasteiger partial charge in [-0.2, -0.15) is 5.10 Å². The van der Waals surface area contributed by atoms with Crippen molar-refractivity contribution < 1.29 is 18.7 Å². The Morgan fingerprint density at radius 2 is 1.73 bits per heavy atom. The summed E-state index contributed by atoms with van der Waals surface area (Å²) in [7, 11) is 1.62. The van der Waals surface area contributed by atoms with Crippen LogP contribution in [0.25, 0.3) is 0 Å². The summed E-state index contributed by atoms with van der Waals surface area (Å²) in [5, 5.41) is 12.1. The molecule has 37 heavy (non-hydrogen) atoms. The number of nitrogens with zero attached hydrogens (tertiary/aromatic N) is 2. The van der Waals surface area contributed by atoms with Crippen LogP contribution in [-0.2, 0) is 4.79 Å². The van der Waals surface area contributed by atoms with Gasteiger partial charge in [0.25, 0.3) is 11.8 Å². The number of ether oxygens (including phenoxy) is 1. The van der Waals surface area contributed by atoms with Crippen LogP contribution in [0.2, 0.25) is 0 Å². The van der Waals surface area contributed by atoms with Crippen molar-refractivity contribution in [1.82, 2.24) is 5.01 Å². The lowest BCUT2D eigenvalue weighted by Crippen LogP contribution is -2.32. The van der Waals surface area contributed by atoms with Gasteiger partial charge in [-0.25, -0.2) is 5.01 Å². The highest BCUT2D eigenvalue weighted by atomic mass is 16.5. The minimum atomic E-state index is -0.363. The van der Waals surface area contributed by atoms with Gasteiger partial charge in [0.2, 0.25) is 0 Å². The molecule has 0 spiro atoms. The number of methoxy groups -OCH3 is 1. The van der Waals surface area contributed by atoms with E-state index in [1.54, 1.807) is 37.6 Å². The summed E-state index contributed by atoms with van der Waals surface area (Å²) in [6.45, 7) is -0.0494. The molecule has 5 rings (SSSR count). The Labute approximate surface area is 214 Å². The lowest BCUT2D eigenvalue weighted by atomic mass is 10.0. The number of carbonyl (C=O) groups excluding carboxylic acids is 2. The molecule has 3 aromatic carbocycles. The lowest BCUT2D eigenvalue weighted by molar-refractivity contribution is -0.131. The average Bonchev–Trinajstić information content (AvgIpc) is 3.63. The summed E-state index contributed by atoms with van der Waals surface area (Å²) < 4.78 is 10.9. The predicted octanol–water partition coefficient (Wildman–Crippen LogP) is 5.33. The zero-order valence-corrected chi connectivity index (χ0v) is 20.3. The Kier molecular flexibility index (Phi) is 6.98. The van der Waals surface area contributed by atoms with E-state index in [-0.39, 0.29) is 24.4 Å². The Bertz CT molecular complexity index is 1400. The largest absolute Gasteiger partial charge is 0.497 e. The first-order chi connectivity index (χ1) is 18.1. The zero-order chi connectivity index (χ0) is 25.6. The number of carbonyl (C=O) groups is 2. The quantitative estimate of drug-likeness (QED) is 0.345. The van der Waals surface area contributed by atoms with Crippen molar-refractivity contribution in [2.24, 2.45) is 5.10 Å². The van der Waals surface area contributed by atoms with Gasteiger partial charge in [-0.15, -0.1) is 0 Å². The SMILES string of the molecule is COc1ccc(C2=NN(C(=O)CNc3ccccc3C(=O)Nc3ccccc3)[C@H](c3ccco3)C2)cc1. The maximum Gasteiger partial charge on any atom is 0.262 e. The molecule has 0 saturated carbocycles. The van der Waals surface area contributed by atoms with Gasteiger partial charge in [-0.1, -0.05) is 30.3 Å². The smallest absolute Gasteiger partial charge is 0.262 e. The minimum Gasteiger partial charge on any atom is -0.497 e. The van der Waals surface area contributed by atoms with E-state index in [4.69, 9.17) is 9.15 Å². The van der Waals surface area contributed by atoms with Crippen LogP contribution >= 0.6 is 0 Å². The maximum absolute atomic E-state index is 13.4. The van der Waals surface area contributed by atoms with Gasteiger partial charge in [-0.05, 0) is 66.2 Å². The molecule has 1 aliphatic rings. The highest BCUT2D eigenvalue weighted by Crippen LogP contribution is 2.33. The van der Waals surface area contributed by atoms with Crippen molar-refractivity contribution >= 4 is 28.9 Å². The molecular weight excluding hydrogens is 468 g/mol. The second kappa shape index (κ2) is 10.8. The lowest BCUT2D eigenvalue weighted by Gasteiger charge is -2.20. The van der Waals surface area contributed by atoms with Crippen LogP contribution < -0.4 is 15.4 Å². The van der Waals surface area contributed by atoms with Gasteiger partial charge in [0.05, 0.1) is 31.2 Å². The third kappa shape index (κ3) is 5.38. The number of hydrazone groups is 1. The molecule has 2 heterocycles. The summed E-state index contributed by atoms with van der Waals surface area (Å²) in [4.78, 5) is 26.3. The third-order valence-corrected chi connectivity index (χ3v) is 6.09. The summed E-state index contributed by atoms with van der Waals surface area (Å²) in [6, 6.07) is 27.1. The van der Waals surface area contributed by atoms with Crippen molar-refractivity contribution in [2.45, 2.75) is 12.5 Å². The highest BCUT2D eigenvalue weighted by Gasteiger charge is 2.34. The molecule has 0 unspecified atom stereocenters. The molecule has 0 saturated heterocycles. The van der Waals surface area contributed by atoms with E-state index in [2.05, 4.69) is 15.7 Å². The number of hydrogen-bond donors (Lipinski definition) is 2. The van der Waals surface area contributed by atoms with Crippen LogP contribution in [0, 0.1) is 0 Å². The third-order valence-electron chi connectivity index (χ3n) is 6.09. The van der Waals surface area contributed by atoms with Crippen molar-refractivity contribution in [2.75, 3.05) is 24.3 Å². The van der Waals surface area contributed by atoms with Gasteiger partial charge in [0.15, 0.2) is 0 Å². The molecule has 1 atom stereocenters. The Morgan fingerprint density at radius 1 is 0.973 bits per heavy atom. The van der Waals surface area contributed by atoms with Gasteiger partial charge in [0.1, 0.15) is 17.6 Å². The number of furan rings is 1. The summed E-state index contributed by atoms with van der Waals surface area (Å²) in [5.74, 6) is 0.889. The second-order valence-electron chi connectivity index (χ2n) is 8.47. The van der Waals surface area contributed by atoms with Gasteiger partial charge < -0.3 is 19.8 Å². The Hall–Kier alpha value is -4.85. The first-order valence-corrected chi connectivity index (χ1v) is 11.9. The first-order valence-electron chi connectivity index (χ1n) is 11.9. The fraction of sp³-hybridized carbons (Fsp3) is 0.138. The molecule has 1 aromatic heterocycles. The van der Waals surface area contributed by atoms with Crippen LogP contribution in [0.3, 0.4) is 0 Å². The molecule has 2 amide bonds. The van der Waals surface area contributed by atoms with Crippen molar-refractivity contribution in [1.29, 1.82) is 0 Å². The molecule has 1 aliphatic heterocycles.